The van der Waals surface area contributed by atoms with Gasteiger partial charge in [0.15, 0.2) is 0 Å². The van der Waals surface area contributed by atoms with Gasteiger partial charge in [-0.05, 0) is 56.2 Å². The molecule has 2 aromatic carbocycles. The van der Waals surface area contributed by atoms with Gasteiger partial charge in [-0.15, -0.1) is 0 Å². The van der Waals surface area contributed by atoms with Gasteiger partial charge in [-0.3, -0.25) is 0 Å². The standard InChI is InChI=1S/C20H25F2N3O/c1-6-24(4)13-23-18-10-15(3)19(11-14(18)2)25(5)16-8-7-9-17(12-16)26-20(21)22/h7-13,20H,6H2,1-5H3. The average Bonchev–Trinajstić information content (AvgIpc) is 2.60. The van der Waals surface area contributed by atoms with Crippen molar-refractivity contribution >= 4 is 23.4 Å². The molecule has 6 heteroatoms. The molecular weight excluding hydrogens is 336 g/mol. The Bertz CT molecular complexity index is 778. The van der Waals surface area contributed by atoms with E-state index in [2.05, 4.69) is 22.7 Å². The number of ether oxygens (including phenoxy) is 1. The summed E-state index contributed by atoms with van der Waals surface area (Å²) in [7, 11) is 3.87. The van der Waals surface area contributed by atoms with E-state index in [1.54, 1.807) is 12.1 Å². The number of rotatable bonds is 7. The summed E-state index contributed by atoms with van der Waals surface area (Å²) in [6.07, 6.45) is 1.82. The number of aliphatic imine (C=N–C) groups is 1. The number of aryl methyl sites for hydroxylation is 2. The maximum Gasteiger partial charge on any atom is 0.387 e. The van der Waals surface area contributed by atoms with E-state index in [-0.39, 0.29) is 5.75 Å². The van der Waals surface area contributed by atoms with Gasteiger partial charge < -0.3 is 14.5 Å². The van der Waals surface area contributed by atoms with E-state index < -0.39 is 6.61 Å². The van der Waals surface area contributed by atoms with Crippen LogP contribution in [0.2, 0.25) is 0 Å². The topological polar surface area (TPSA) is 28.1 Å². The first-order chi connectivity index (χ1) is 12.3. The molecule has 0 heterocycles. The Morgan fingerprint density at radius 1 is 1.12 bits per heavy atom. The van der Waals surface area contributed by atoms with Gasteiger partial charge in [-0.2, -0.15) is 8.78 Å². The molecule has 0 atom stereocenters. The molecule has 140 valence electrons. The lowest BCUT2D eigenvalue weighted by Gasteiger charge is -2.23. The maximum atomic E-state index is 12.4. The second-order valence-corrected chi connectivity index (χ2v) is 6.18. The number of hydrogen-bond donors (Lipinski definition) is 0. The summed E-state index contributed by atoms with van der Waals surface area (Å²) in [4.78, 5) is 8.49. The van der Waals surface area contributed by atoms with Crippen molar-refractivity contribution in [3.8, 4) is 5.75 Å². The largest absolute Gasteiger partial charge is 0.435 e. The average molecular weight is 361 g/mol. The van der Waals surface area contributed by atoms with Crippen LogP contribution >= 0.6 is 0 Å². The van der Waals surface area contributed by atoms with Gasteiger partial charge in [-0.1, -0.05) is 6.07 Å². The van der Waals surface area contributed by atoms with Gasteiger partial charge in [0.25, 0.3) is 0 Å². The minimum absolute atomic E-state index is 0.141. The van der Waals surface area contributed by atoms with Crippen LogP contribution in [-0.4, -0.2) is 38.5 Å². The molecule has 2 rings (SSSR count). The third-order valence-corrected chi connectivity index (χ3v) is 4.20. The lowest BCUT2D eigenvalue weighted by molar-refractivity contribution is -0.0498. The molecule has 0 aromatic heterocycles. The number of hydrogen-bond acceptors (Lipinski definition) is 3. The molecule has 0 radical (unpaired) electrons. The van der Waals surface area contributed by atoms with Gasteiger partial charge >= 0.3 is 6.61 Å². The molecule has 0 fully saturated rings. The van der Waals surface area contributed by atoms with Crippen LogP contribution in [0.4, 0.5) is 25.8 Å². The Hall–Kier alpha value is -2.63. The Morgan fingerprint density at radius 2 is 1.85 bits per heavy atom. The first-order valence-electron chi connectivity index (χ1n) is 8.46. The summed E-state index contributed by atoms with van der Waals surface area (Å²) in [5, 5.41) is 0. The van der Waals surface area contributed by atoms with E-state index in [1.165, 1.54) is 6.07 Å². The summed E-state index contributed by atoms with van der Waals surface area (Å²) in [5.74, 6) is 0.141. The number of nitrogens with zero attached hydrogens (tertiary/aromatic N) is 3. The molecule has 0 bridgehead atoms. The Kier molecular flexibility index (Phi) is 6.55. The van der Waals surface area contributed by atoms with Crippen molar-refractivity contribution in [2.75, 3.05) is 25.5 Å². The highest BCUT2D eigenvalue weighted by atomic mass is 19.3. The van der Waals surface area contributed by atoms with Gasteiger partial charge in [0, 0.05) is 38.1 Å². The van der Waals surface area contributed by atoms with Crippen LogP contribution in [0.1, 0.15) is 18.1 Å². The van der Waals surface area contributed by atoms with E-state index in [9.17, 15) is 8.78 Å². The SMILES string of the molecule is CCN(C)C=Nc1cc(C)c(N(C)c2cccc(OC(F)F)c2)cc1C. The van der Waals surface area contributed by atoms with Crippen LogP contribution in [0.15, 0.2) is 41.4 Å². The highest BCUT2D eigenvalue weighted by molar-refractivity contribution is 5.72. The monoisotopic (exact) mass is 361 g/mol. The molecule has 0 aliphatic heterocycles. The predicted octanol–water partition coefficient (Wildman–Crippen LogP) is 5.28. The zero-order chi connectivity index (χ0) is 19.3. The molecule has 0 amide bonds. The molecule has 0 aliphatic carbocycles. The van der Waals surface area contributed by atoms with Crippen LogP contribution < -0.4 is 9.64 Å². The van der Waals surface area contributed by atoms with Crippen LogP contribution in [0.3, 0.4) is 0 Å². The molecule has 0 N–H and O–H groups in total. The summed E-state index contributed by atoms with van der Waals surface area (Å²) < 4.78 is 29.4. The Labute approximate surface area is 153 Å². The van der Waals surface area contributed by atoms with Crippen LogP contribution in [0.5, 0.6) is 5.75 Å². The highest BCUT2D eigenvalue weighted by Crippen LogP contribution is 2.33. The fourth-order valence-corrected chi connectivity index (χ4v) is 2.54. The van der Waals surface area contributed by atoms with E-state index in [0.29, 0.717) is 0 Å². The third-order valence-electron chi connectivity index (χ3n) is 4.20. The van der Waals surface area contributed by atoms with Crippen LogP contribution in [0, 0.1) is 13.8 Å². The predicted molar refractivity (Wildman–Crippen MR) is 104 cm³/mol. The van der Waals surface area contributed by atoms with E-state index in [1.807, 2.05) is 56.2 Å². The molecular formula is C20H25F2N3O. The first-order valence-corrected chi connectivity index (χ1v) is 8.46. The van der Waals surface area contributed by atoms with Crippen molar-refractivity contribution in [3.05, 3.63) is 47.5 Å². The van der Waals surface area contributed by atoms with Gasteiger partial charge in [0.1, 0.15) is 5.75 Å². The Morgan fingerprint density at radius 3 is 2.50 bits per heavy atom. The normalized spacial score (nSPS) is 11.2. The second-order valence-electron chi connectivity index (χ2n) is 6.18. The third kappa shape index (κ3) is 4.94. The molecule has 0 aliphatic rings. The van der Waals surface area contributed by atoms with Crippen molar-refractivity contribution in [1.82, 2.24) is 4.90 Å². The molecule has 2 aromatic rings. The van der Waals surface area contributed by atoms with Gasteiger partial charge in [0.05, 0.1) is 12.0 Å². The maximum absolute atomic E-state index is 12.4. The van der Waals surface area contributed by atoms with Crippen molar-refractivity contribution in [2.24, 2.45) is 4.99 Å². The highest BCUT2D eigenvalue weighted by Gasteiger charge is 2.12. The summed E-state index contributed by atoms with van der Waals surface area (Å²) in [6.45, 7) is 4.13. The second kappa shape index (κ2) is 8.65. The molecule has 0 saturated heterocycles. The number of halogens is 2. The van der Waals surface area contributed by atoms with E-state index in [0.717, 1.165) is 34.7 Å². The number of anilines is 2. The molecule has 4 nitrogen and oxygen atoms in total. The van der Waals surface area contributed by atoms with Crippen LogP contribution in [0.25, 0.3) is 0 Å². The van der Waals surface area contributed by atoms with Gasteiger partial charge in [0.2, 0.25) is 0 Å². The van der Waals surface area contributed by atoms with E-state index >= 15 is 0 Å². The van der Waals surface area contributed by atoms with Crippen molar-refractivity contribution in [1.29, 1.82) is 0 Å². The lowest BCUT2D eigenvalue weighted by atomic mass is 10.1. The zero-order valence-corrected chi connectivity index (χ0v) is 15.8. The van der Waals surface area contributed by atoms with Crippen molar-refractivity contribution in [3.63, 3.8) is 0 Å². The Balaban J connectivity index is 2.31. The first kappa shape index (κ1) is 19.7. The summed E-state index contributed by atoms with van der Waals surface area (Å²) in [5.41, 5.74) is 4.75. The smallest absolute Gasteiger partial charge is 0.387 e. The molecule has 0 spiro atoms. The minimum Gasteiger partial charge on any atom is -0.435 e. The molecule has 0 unspecified atom stereocenters. The quantitative estimate of drug-likeness (QED) is 0.496. The van der Waals surface area contributed by atoms with Crippen molar-refractivity contribution < 1.29 is 13.5 Å². The zero-order valence-electron chi connectivity index (χ0n) is 15.8. The summed E-state index contributed by atoms with van der Waals surface area (Å²) in [6, 6.07) is 10.8. The fourth-order valence-electron chi connectivity index (χ4n) is 2.54. The number of alkyl halides is 2. The van der Waals surface area contributed by atoms with Gasteiger partial charge in [-0.25, -0.2) is 4.99 Å². The van der Waals surface area contributed by atoms with E-state index in [4.69, 9.17) is 0 Å². The number of benzene rings is 2. The van der Waals surface area contributed by atoms with Crippen LogP contribution in [-0.2, 0) is 0 Å². The summed E-state index contributed by atoms with van der Waals surface area (Å²) >= 11 is 0. The molecule has 26 heavy (non-hydrogen) atoms. The minimum atomic E-state index is -2.84. The van der Waals surface area contributed by atoms with Crippen molar-refractivity contribution in [2.45, 2.75) is 27.4 Å². The lowest BCUT2D eigenvalue weighted by Crippen LogP contribution is -2.14. The molecule has 0 saturated carbocycles. The fraction of sp³-hybridized carbons (Fsp3) is 0.350.